The SMILES string of the molecule is Cc1cc(C)cc(Nc2cccc(N)c2)c1. The van der Waals surface area contributed by atoms with E-state index in [4.69, 9.17) is 5.73 Å². The molecule has 82 valence electrons. The Bertz CT molecular complexity index is 484. The second-order valence-corrected chi connectivity index (χ2v) is 4.13. The van der Waals surface area contributed by atoms with Crippen molar-refractivity contribution in [3.05, 3.63) is 53.6 Å². The van der Waals surface area contributed by atoms with Gasteiger partial charge in [-0.05, 0) is 55.3 Å². The zero-order valence-electron chi connectivity index (χ0n) is 9.62. The molecule has 0 saturated heterocycles. The van der Waals surface area contributed by atoms with Gasteiger partial charge in [-0.15, -0.1) is 0 Å². The van der Waals surface area contributed by atoms with Crippen LogP contribution < -0.4 is 11.1 Å². The van der Waals surface area contributed by atoms with E-state index >= 15 is 0 Å². The molecule has 0 saturated carbocycles. The number of nitrogen functional groups attached to an aromatic ring is 1. The van der Waals surface area contributed by atoms with Gasteiger partial charge in [0.15, 0.2) is 0 Å². The van der Waals surface area contributed by atoms with Gasteiger partial charge in [-0.3, -0.25) is 0 Å². The average Bonchev–Trinajstić information content (AvgIpc) is 2.15. The monoisotopic (exact) mass is 212 g/mol. The van der Waals surface area contributed by atoms with Gasteiger partial charge in [-0.1, -0.05) is 12.1 Å². The van der Waals surface area contributed by atoms with Crippen LogP contribution in [-0.2, 0) is 0 Å². The van der Waals surface area contributed by atoms with E-state index in [0.717, 1.165) is 17.1 Å². The topological polar surface area (TPSA) is 38.0 Å². The van der Waals surface area contributed by atoms with Crippen molar-refractivity contribution < 1.29 is 0 Å². The van der Waals surface area contributed by atoms with Gasteiger partial charge in [0.2, 0.25) is 0 Å². The first-order valence-corrected chi connectivity index (χ1v) is 5.34. The van der Waals surface area contributed by atoms with E-state index in [1.807, 2.05) is 24.3 Å². The van der Waals surface area contributed by atoms with Crippen molar-refractivity contribution in [2.24, 2.45) is 0 Å². The molecule has 2 aromatic carbocycles. The molecule has 2 nitrogen and oxygen atoms in total. The minimum Gasteiger partial charge on any atom is -0.399 e. The predicted molar refractivity (Wildman–Crippen MR) is 70.1 cm³/mol. The molecule has 0 spiro atoms. The van der Waals surface area contributed by atoms with Crippen LogP contribution in [-0.4, -0.2) is 0 Å². The molecule has 2 rings (SSSR count). The molecule has 16 heavy (non-hydrogen) atoms. The number of anilines is 3. The van der Waals surface area contributed by atoms with E-state index in [2.05, 4.69) is 37.4 Å². The van der Waals surface area contributed by atoms with E-state index in [-0.39, 0.29) is 0 Å². The summed E-state index contributed by atoms with van der Waals surface area (Å²) in [6, 6.07) is 14.2. The van der Waals surface area contributed by atoms with Crippen LogP contribution in [0, 0.1) is 13.8 Å². The number of rotatable bonds is 2. The quantitative estimate of drug-likeness (QED) is 0.746. The van der Waals surface area contributed by atoms with Gasteiger partial charge in [0.1, 0.15) is 0 Å². The molecular weight excluding hydrogens is 196 g/mol. The number of nitrogens with one attached hydrogen (secondary N) is 1. The van der Waals surface area contributed by atoms with Gasteiger partial charge in [-0.25, -0.2) is 0 Å². The number of hydrogen-bond acceptors (Lipinski definition) is 2. The van der Waals surface area contributed by atoms with E-state index in [9.17, 15) is 0 Å². The Morgan fingerprint density at radius 3 is 2.19 bits per heavy atom. The lowest BCUT2D eigenvalue weighted by atomic mass is 10.1. The molecule has 2 aromatic rings. The standard InChI is InChI=1S/C14H16N2/c1-10-6-11(2)8-14(7-10)16-13-5-3-4-12(15)9-13/h3-9,16H,15H2,1-2H3. The average molecular weight is 212 g/mol. The van der Waals surface area contributed by atoms with Crippen molar-refractivity contribution >= 4 is 17.1 Å². The van der Waals surface area contributed by atoms with Gasteiger partial charge in [0.25, 0.3) is 0 Å². The first kappa shape index (κ1) is 10.6. The minimum absolute atomic E-state index is 0.773. The fourth-order valence-corrected chi connectivity index (χ4v) is 1.83. The zero-order valence-corrected chi connectivity index (χ0v) is 9.62. The molecule has 0 bridgehead atoms. The van der Waals surface area contributed by atoms with Gasteiger partial charge >= 0.3 is 0 Å². The lowest BCUT2D eigenvalue weighted by Gasteiger charge is -2.09. The fraction of sp³-hybridized carbons (Fsp3) is 0.143. The third kappa shape index (κ3) is 2.54. The zero-order chi connectivity index (χ0) is 11.5. The van der Waals surface area contributed by atoms with Crippen LogP contribution >= 0.6 is 0 Å². The van der Waals surface area contributed by atoms with Crippen molar-refractivity contribution in [3.8, 4) is 0 Å². The summed E-state index contributed by atoms with van der Waals surface area (Å²) in [5.41, 5.74) is 11.1. The van der Waals surface area contributed by atoms with E-state index < -0.39 is 0 Å². The summed E-state index contributed by atoms with van der Waals surface area (Å²) >= 11 is 0. The van der Waals surface area contributed by atoms with Crippen LogP contribution in [0.3, 0.4) is 0 Å². The Kier molecular flexibility index (Phi) is 2.82. The molecular formula is C14H16N2. The second-order valence-electron chi connectivity index (χ2n) is 4.13. The normalized spacial score (nSPS) is 10.1. The summed E-state index contributed by atoms with van der Waals surface area (Å²) in [6.45, 7) is 4.19. The first-order chi connectivity index (χ1) is 7.63. The highest BCUT2D eigenvalue weighted by Crippen LogP contribution is 2.20. The maximum Gasteiger partial charge on any atom is 0.0404 e. The molecule has 0 amide bonds. The van der Waals surface area contributed by atoms with Crippen molar-refractivity contribution in [2.75, 3.05) is 11.1 Å². The molecule has 2 heteroatoms. The summed E-state index contributed by atoms with van der Waals surface area (Å²) < 4.78 is 0. The van der Waals surface area contributed by atoms with Gasteiger partial charge in [-0.2, -0.15) is 0 Å². The minimum atomic E-state index is 0.773. The maximum atomic E-state index is 5.73. The third-order valence-electron chi connectivity index (χ3n) is 2.40. The second kappa shape index (κ2) is 4.27. The Hall–Kier alpha value is -1.96. The summed E-state index contributed by atoms with van der Waals surface area (Å²) in [7, 11) is 0. The predicted octanol–water partition coefficient (Wildman–Crippen LogP) is 3.63. The Morgan fingerprint density at radius 1 is 0.875 bits per heavy atom. The van der Waals surface area contributed by atoms with Crippen LogP contribution in [0.1, 0.15) is 11.1 Å². The number of aryl methyl sites for hydroxylation is 2. The molecule has 0 fully saturated rings. The van der Waals surface area contributed by atoms with Gasteiger partial charge in [0.05, 0.1) is 0 Å². The highest BCUT2D eigenvalue weighted by Gasteiger charge is 1.97. The highest BCUT2D eigenvalue weighted by molar-refractivity contribution is 5.64. The smallest absolute Gasteiger partial charge is 0.0404 e. The molecule has 3 N–H and O–H groups in total. The van der Waals surface area contributed by atoms with E-state index in [1.54, 1.807) is 0 Å². The van der Waals surface area contributed by atoms with Gasteiger partial charge in [0, 0.05) is 17.1 Å². The van der Waals surface area contributed by atoms with Crippen LogP contribution in [0.15, 0.2) is 42.5 Å². The van der Waals surface area contributed by atoms with Crippen molar-refractivity contribution in [1.29, 1.82) is 0 Å². The van der Waals surface area contributed by atoms with Crippen LogP contribution in [0.4, 0.5) is 17.1 Å². The fourth-order valence-electron chi connectivity index (χ4n) is 1.83. The molecule has 0 aliphatic heterocycles. The largest absolute Gasteiger partial charge is 0.399 e. The van der Waals surface area contributed by atoms with Crippen LogP contribution in [0.5, 0.6) is 0 Å². The molecule has 0 aromatic heterocycles. The number of hydrogen-bond donors (Lipinski definition) is 2. The first-order valence-electron chi connectivity index (χ1n) is 5.34. The van der Waals surface area contributed by atoms with Crippen molar-refractivity contribution in [2.45, 2.75) is 13.8 Å². The summed E-state index contributed by atoms with van der Waals surface area (Å²) in [5.74, 6) is 0. The van der Waals surface area contributed by atoms with Crippen LogP contribution in [0.2, 0.25) is 0 Å². The number of nitrogens with two attached hydrogens (primary N) is 1. The van der Waals surface area contributed by atoms with Crippen LogP contribution in [0.25, 0.3) is 0 Å². The van der Waals surface area contributed by atoms with E-state index in [1.165, 1.54) is 11.1 Å². The molecule has 0 heterocycles. The third-order valence-corrected chi connectivity index (χ3v) is 2.40. The molecule has 0 aliphatic rings. The summed E-state index contributed by atoms with van der Waals surface area (Å²) in [4.78, 5) is 0. The lowest BCUT2D eigenvalue weighted by Crippen LogP contribution is -1.93. The Balaban J connectivity index is 2.27. The molecule has 0 radical (unpaired) electrons. The summed E-state index contributed by atoms with van der Waals surface area (Å²) in [6.07, 6.45) is 0. The molecule has 0 unspecified atom stereocenters. The molecule has 0 aliphatic carbocycles. The Labute approximate surface area is 96.1 Å². The molecule has 0 atom stereocenters. The van der Waals surface area contributed by atoms with Crippen molar-refractivity contribution in [1.82, 2.24) is 0 Å². The van der Waals surface area contributed by atoms with Gasteiger partial charge < -0.3 is 11.1 Å². The highest BCUT2D eigenvalue weighted by atomic mass is 14.9. The number of benzene rings is 2. The Morgan fingerprint density at radius 2 is 1.56 bits per heavy atom. The van der Waals surface area contributed by atoms with E-state index in [0.29, 0.717) is 0 Å². The maximum absolute atomic E-state index is 5.73. The lowest BCUT2D eigenvalue weighted by molar-refractivity contribution is 1.37. The van der Waals surface area contributed by atoms with Crippen molar-refractivity contribution in [3.63, 3.8) is 0 Å². The summed E-state index contributed by atoms with van der Waals surface area (Å²) in [5, 5.41) is 3.35.